The Labute approximate surface area is 105 Å². The summed E-state index contributed by atoms with van der Waals surface area (Å²) in [5.41, 5.74) is 4.84. The van der Waals surface area contributed by atoms with Crippen molar-refractivity contribution < 1.29 is 9.90 Å². The van der Waals surface area contributed by atoms with Gasteiger partial charge in [-0.25, -0.2) is 0 Å². The summed E-state index contributed by atoms with van der Waals surface area (Å²) in [5.74, 6) is 0.307. The maximum Gasteiger partial charge on any atom is 0.227 e. The van der Waals surface area contributed by atoms with Gasteiger partial charge < -0.3 is 16.2 Å². The highest BCUT2D eigenvalue weighted by Crippen LogP contribution is 2.28. The number of amides is 1. The molecule has 0 aliphatic carbocycles. The lowest BCUT2D eigenvalue weighted by atomic mass is 9.74. The average Bonchev–Trinajstić information content (AvgIpc) is 2.21. The van der Waals surface area contributed by atoms with Crippen LogP contribution in [0.2, 0.25) is 0 Å². The van der Waals surface area contributed by atoms with Gasteiger partial charge in [0.1, 0.15) is 0 Å². The lowest BCUT2D eigenvalue weighted by molar-refractivity contribution is -0.132. The Bertz CT molecular complexity index is 244. The Morgan fingerprint density at radius 2 is 1.88 bits per heavy atom. The minimum Gasteiger partial charge on any atom is -0.396 e. The normalized spacial score (nSPS) is 14.5. The van der Waals surface area contributed by atoms with Crippen molar-refractivity contribution in [3.8, 4) is 0 Å². The van der Waals surface area contributed by atoms with Gasteiger partial charge in [0.05, 0.1) is 5.41 Å². The molecule has 1 unspecified atom stereocenters. The van der Waals surface area contributed by atoms with Crippen molar-refractivity contribution in [2.45, 2.75) is 53.0 Å². The van der Waals surface area contributed by atoms with Crippen LogP contribution >= 0.6 is 0 Å². The molecule has 0 aromatic carbocycles. The molecule has 0 aromatic heterocycles. The highest BCUT2D eigenvalue weighted by Gasteiger charge is 2.40. The molecule has 0 aliphatic rings. The summed E-state index contributed by atoms with van der Waals surface area (Å²) in [6.07, 6.45) is 1.68. The number of nitrogens with one attached hydrogen (secondary N) is 1. The summed E-state index contributed by atoms with van der Waals surface area (Å²) >= 11 is 0. The minimum absolute atomic E-state index is 0.0265. The van der Waals surface area contributed by atoms with E-state index in [0.29, 0.717) is 12.5 Å². The molecule has 0 saturated heterocycles. The second kappa shape index (κ2) is 6.36. The fourth-order valence-electron chi connectivity index (χ4n) is 1.38. The lowest BCUT2D eigenvalue weighted by Crippen LogP contribution is -2.56. The summed E-state index contributed by atoms with van der Waals surface area (Å²) < 4.78 is 0. The van der Waals surface area contributed by atoms with Crippen LogP contribution in [0.5, 0.6) is 0 Å². The number of aliphatic hydroxyl groups excluding tert-OH is 1. The first-order valence-corrected chi connectivity index (χ1v) is 6.34. The fraction of sp³-hybridized carbons (Fsp3) is 0.923. The zero-order chi connectivity index (χ0) is 13.7. The van der Waals surface area contributed by atoms with Crippen LogP contribution in [0.1, 0.15) is 47.5 Å². The summed E-state index contributed by atoms with van der Waals surface area (Å²) in [4.78, 5) is 12.1. The highest BCUT2D eigenvalue weighted by atomic mass is 16.3. The number of hydrogen-bond donors (Lipinski definition) is 3. The number of rotatable bonds is 7. The molecule has 0 saturated carbocycles. The Balaban J connectivity index is 4.36. The van der Waals surface area contributed by atoms with E-state index in [1.54, 1.807) is 0 Å². The van der Waals surface area contributed by atoms with Crippen molar-refractivity contribution in [1.82, 2.24) is 5.32 Å². The Morgan fingerprint density at radius 1 is 1.35 bits per heavy atom. The van der Waals surface area contributed by atoms with Crippen LogP contribution in [-0.2, 0) is 4.79 Å². The summed E-state index contributed by atoms with van der Waals surface area (Å²) in [7, 11) is 0. The van der Waals surface area contributed by atoms with E-state index in [0.717, 1.165) is 12.8 Å². The molecule has 1 amide bonds. The van der Waals surface area contributed by atoms with Gasteiger partial charge in [0.2, 0.25) is 5.91 Å². The van der Waals surface area contributed by atoms with E-state index in [9.17, 15) is 4.79 Å². The third-order valence-corrected chi connectivity index (χ3v) is 3.84. The van der Waals surface area contributed by atoms with E-state index in [2.05, 4.69) is 12.2 Å². The second-order valence-corrected chi connectivity index (χ2v) is 5.84. The third kappa shape index (κ3) is 4.64. The third-order valence-electron chi connectivity index (χ3n) is 3.84. The number of carbonyl (C=O) groups excluding carboxylic acids is 1. The second-order valence-electron chi connectivity index (χ2n) is 5.84. The Kier molecular flexibility index (Phi) is 6.13. The molecule has 4 N–H and O–H groups in total. The van der Waals surface area contributed by atoms with Crippen LogP contribution < -0.4 is 11.1 Å². The molecule has 4 heteroatoms. The van der Waals surface area contributed by atoms with Crippen LogP contribution in [-0.4, -0.2) is 29.7 Å². The van der Waals surface area contributed by atoms with Crippen molar-refractivity contribution in [3.63, 3.8) is 0 Å². The van der Waals surface area contributed by atoms with Crippen LogP contribution in [0.3, 0.4) is 0 Å². The molecular weight excluding hydrogens is 216 g/mol. The van der Waals surface area contributed by atoms with Crippen molar-refractivity contribution in [1.29, 1.82) is 0 Å². The molecule has 0 heterocycles. The van der Waals surface area contributed by atoms with E-state index in [1.807, 2.05) is 27.7 Å². The van der Waals surface area contributed by atoms with Gasteiger partial charge >= 0.3 is 0 Å². The number of carbonyl (C=O) groups is 1. The van der Waals surface area contributed by atoms with E-state index < -0.39 is 11.0 Å². The van der Waals surface area contributed by atoms with E-state index in [4.69, 9.17) is 10.8 Å². The highest BCUT2D eigenvalue weighted by molar-refractivity contribution is 5.83. The number of aliphatic hydroxyl groups is 1. The first-order valence-electron chi connectivity index (χ1n) is 6.34. The van der Waals surface area contributed by atoms with E-state index >= 15 is 0 Å². The summed E-state index contributed by atoms with van der Waals surface area (Å²) in [6, 6.07) is 0. The number of nitrogens with two attached hydrogens (primary N) is 1. The van der Waals surface area contributed by atoms with Crippen molar-refractivity contribution in [2.24, 2.45) is 17.1 Å². The molecule has 102 valence electrons. The molecule has 0 aliphatic heterocycles. The fourth-order valence-corrected chi connectivity index (χ4v) is 1.38. The SMILES string of the molecule is CCC(CCO)CNC(=O)C(C)(C)C(C)(C)N. The zero-order valence-electron chi connectivity index (χ0n) is 11.8. The van der Waals surface area contributed by atoms with Gasteiger partial charge in [0.25, 0.3) is 0 Å². The maximum atomic E-state index is 12.1. The van der Waals surface area contributed by atoms with Gasteiger partial charge in [-0.05, 0) is 40.0 Å². The van der Waals surface area contributed by atoms with Gasteiger partial charge in [-0.1, -0.05) is 13.3 Å². The molecule has 0 spiro atoms. The molecule has 17 heavy (non-hydrogen) atoms. The van der Waals surface area contributed by atoms with Gasteiger partial charge in [0.15, 0.2) is 0 Å². The predicted molar refractivity (Wildman–Crippen MR) is 70.5 cm³/mol. The average molecular weight is 244 g/mol. The predicted octanol–water partition coefficient (Wildman–Crippen LogP) is 1.27. The largest absolute Gasteiger partial charge is 0.396 e. The van der Waals surface area contributed by atoms with E-state index in [-0.39, 0.29) is 12.5 Å². The molecular formula is C13H28N2O2. The topological polar surface area (TPSA) is 75.3 Å². The smallest absolute Gasteiger partial charge is 0.227 e. The summed E-state index contributed by atoms with van der Waals surface area (Å²) in [5, 5.41) is 11.8. The van der Waals surface area contributed by atoms with Gasteiger partial charge in [-0.3, -0.25) is 4.79 Å². The molecule has 4 nitrogen and oxygen atoms in total. The molecule has 0 bridgehead atoms. The first kappa shape index (κ1) is 16.4. The standard InChI is InChI=1S/C13H28N2O2/c1-6-10(7-8-16)9-15-11(17)12(2,3)13(4,5)14/h10,16H,6-9,14H2,1-5H3,(H,15,17). The first-order chi connectivity index (χ1) is 7.66. The maximum absolute atomic E-state index is 12.1. The number of hydrogen-bond acceptors (Lipinski definition) is 3. The zero-order valence-corrected chi connectivity index (χ0v) is 11.8. The quantitative estimate of drug-likeness (QED) is 0.631. The van der Waals surface area contributed by atoms with Crippen LogP contribution in [0.15, 0.2) is 0 Å². The summed E-state index contributed by atoms with van der Waals surface area (Å²) in [6.45, 7) is 10.3. The monoisotopic (exact) mass is 244 g/mol. The molecule has 0 fully saturated rings. The minimum atomic E-state index is -0.607. The Morgan fingerprint density at radius 3 is 2.24 bits per heavy atom. The molecule has 1 atom stereocenters. The van der Waals surface area contributed by atoms with Crippen LogP contribution in [0.4, 0.5) is 0 Å². The molecule has 0 rings (SSSR count). The van der Waals surface area contributed by atoms with Crippen molar-refractivity contribution in [3.05, 3.63) is 0 Å². The van der Waals surface area contributed by atoms with Gasteiger partial charge in [-0.2, -0.15) is 0 Å². The van der Waals surface area contributed by atoms with Crippen LogP contribution in [0, 0.1) is 11.3 Å². The van der Waals surface area contributed by atoms with Crippen molar-refractivity contribution >= 4 is 5.91 Å². The van der Waals surface area contributed by atoms with Gasteiger partial charge in [-0.15, -0.1) is 0 Å². The van der Waals surface area contributed by atoms with Crippen molar-refractivity contribution in [2.75, 3.05) is 13.2 Å². The molecule has 0 radical (unpaired) electrons. The molecule has 0 aromatic rings. The van der Waals surface area contributed by atoms with E-state index in [1.165, 1.54) is 0 Å². The van der Waals surface area contributed by atoms with Gasteiger partial charge in [0, 0.05) is 18.7 Å². The lowest BCUT2D eigenvalue weighted by Gasteiger charge is -2.37. The Hall–Kier alpha value is -0.610. The van der Waals surface area contributed by atoms with Crippen LogP contribution in [0.25, 0.3) is 0 Å².